The van der Waals surface area contributed by atoms with Crippen LogP contribution in [0.5, 0.6) is 0 Å². The van der Waals surface area contributed by atoms with Crippen molar-refractivity contribution in [1.29, 1.82) is 0 Å². The van der Waals surface area contributed by atoms with Gasteiger partial charge in [0.1, 0.15) is 0 Å². The molecule has 0 N–H and O–H groups in total. The molecule has 2 rings (SSSR count). The van der Waals surface area contributed by atoms with Gasteiger partial charge in [-0.05, 0) is 37.5 Å². The standard InChI is InChI=1S/C14H16F3NO2/c1-20-13(19)10-5-6-12(11(9-10)14(15,16)17)18-7-3-2-4-8-18/h5-6,9H,2-4,7-8H2,1H3. The van der Waals surface area contributed by atoms with Gasteiger partial charge in [-0.25, -0.2) is 4.79 Å². The van der Waals surface area contributed by atoms with Crippen molar-refractivity contribution in [1.82, 2.24) is 0 Å². The first-order valence-electron chi connectivity index (χ1n) is 6.48. The van der Waals surface area contributed by atoms with Crippen LogP contribution in [0.3, 0.4) is 0 Å². The summed E-state index contributed by atoms with van der Waals surface area (Å²) in [6.07, 6.45) is -1.68. The highest BCUT2D eigenvalue weighted by Crippen LogP contribution is 2.38. The van der Waals surface area contributed by atoms with E-state index in [1.54, 1.807) is 4.90 Å². The smallest absolute Gasteiger partial charge is 0.418 e. The van der Waals surface area contributed by atoms with Gasteiger partial charge >= 0.3 is 12.1 Å². The Morgan fingerprint density at radius 1 is 1.20 bits per heavy atom. The van der Waals surface area contributed by atoms with Crippen molar-refractivity contribution >= 4 is 11.7 Å². The molecular formula is C14H16F3NO2. The van der Waals surface area contributed by atoms with Crippen LogP contribution in [-0.2, 0) is 10.9 Å². The average molecular weight is 287 g/mol. The van der Waals surface area contributed by atoms with Gasteiger partial charge in [0.05, 0.1) is 18.2 Å². The number of ether oxygens (including phenoxy) is 1. The van der Waals surface area contributed by atoms with E-state index in [0.717, 1.165) is 32.4 Å². The summed E-state index contributed by atoms with van der Waals surface area (Å²) in [7, 11) is 1.15. The van der Waals surface area contributed by atoms with E-state index >= 15 is 0 Å². The molecule has 110 valence electrons. The predicted octanol–water partition coefficient (Wildman–Crippen LogP) is 3.48. The van der Waals surface area contributed by atoms with Crippen molar-refractivity contribution in [3.63, 3.8) is 0 Å². The maximum absolute atomic E-state index is 13.2. The van der Waals surface area contributed by atoms with Crippen LogP contribution < -0.4 is 4.90 Å². The number of hydrogen-bond acceptors (Lipinski definition) is 3. The second-order valence-electron chi connectivity index (χ2n) is 4.77. The lowest BCUT2D eigenvalue weighted by Gasteiger charge is -2.31. The summed E-state index contributed by atoms with van der Waals surface area (Å²) in [6, 6.07) is 3.61. The van der Waals surface area contributed by atoms with Gasteiger partial charge in [0.25, 0.3) is 0 Å². The van der Waals surface area contributed by atoms with Gasteiger partial charge in [0, 0.05) is 18.8 Å². The number of carbonyl (C=O) groups excluding carboxylic acids is 1. The third-order valence-electron chi connectivity index (χ3n) is 3.42. The second-order valence-corrected chi connectivity index (χ2v) is 4.77. The lowest BCUT2D eigenvalue weighted by molar-refractivity contribution is -0.137. The summed E-state index contributed by atoms with van der Waals surface area (Å²) in [5.74, 6) is -0.763. The maximum atomic E-state index is 13.2. The van der Waals surface area contributed by atoms with Gasteiger partial charge in [-0.1, -0.05) is 0 Å². The van der Waals surface area contributed by atoms with E-state index in [9.17, 15) is 18.0 Å². The Kier molecular flexibility index (Phi) is 4.20. The number of methoxy groups -OCH3 is 1. The Morgan fingerprint density at radius 3 is 2.40 bits per heavy atom. The largest absolute Gasteiger partial charge is 0.465 e. The molecule has 1 aromatic rings. The number of hydrogen-bond donors (Lipinski definition) is 0. The highest BCUT2D eigenvalue weighted by atomic mass is 19.4. The Hall–Kier alpha value is -1.72. The van der Waals surface area contributed by atoms with Gasteiger partial charge in [-0.3, -0.25) is 0 Å². The molecule has 6 heteroatoms. The van der Waals surface area contributed by atoms with Crippen LogP contribution in [-0.4, -0.2) is 26.2 Å². The predicted molar refractivity (Wildman–Crippen MR) is 68.8 cm³/mol. The molecule has 0 radical (unpaired) electrons. The quantitative estimate of drug-likeness (QED) is 0.780. The Balaban J connectivity index is 2.42. The van der Waals surface area contributed by atoms with Crippen molar-refractivity contribution in [3.8, 4) is 0 Å². The lowest BCUT2D eigenvalue weighted by atomic mass is 10.0. The first-order valence-corrected chi connectivity index (χ1v) is 6.48. The topological polar surface area (TPSA) is 29.5 Å². The molecular weight excluding hydrogens is 271 g/mol. The molecule has 0 atom stereocenters. The molecule has 1 heterocycles. The number of anilines is 1. The summed E-state index contributed by atoms with van der Waals surface area (Å²) >= 11 is 0. The van der Waals surface area contributed by atoms with Crippen LogP contribution in [0.2, 0.25) is 0 Å². The fourth-order valence-corrected chi connectivity index (χ4v) is 2.42. The van der Waals surface area contributed by atoms with E-state index in [4.69, 9.17) is 0 Å². The third kappa shape index (κ3) is 3.05. The summed E-state index contributed by atoms with van der Waals surface area (Å²) in [6.45, 7) is 1.22. The number of halogens is 3. The minimum absolute atomic E-state index is 0.0828. The zero-order chi connectivity index (χ0) is 14.8. The molecule has 0 saturated carbocycles. The van der Waals surface area contributed by atoms with Gasteiger partial charge in [-0.15, -0.1) is 0 Å². The maximum Gasteiger partial charge on any atom is 0.418 e. The molecule has 0 bridgehead atoms. The van der Waals surface area contributed by atoms with E-state index in [1.807, 2.05) is 0 Å². The lowest BCUT2D eigenvalue weighted by Crippen LogP contribution is -2.31. The van der Waals surface area contributed by atoms with Crippen LogP contribution in [0.1, 0.15) is 35.2 Å². The number of alkyl halides is 3. The van der Waals surface area contributed by atoms with Gasteiger partial charge in [0.15, 0.2) is 0 Å². The monoisotopic (exact) mass is 287 g/mol. The van der Waals surface area contributed by atoms with Crippen LogP contribution in [0.4, 0.5) is 18.9 Å². The molecule has 1 aliphatic rings. The van der Waals surface area contributed by atoms with Crippen molar-refractivity contribution in [2.75, 3.05) is 25.1 Å². The van der Waals surface area contributed by atoms with Gasteiger partial charge < -0.3 is 9.64 Å². The molecule has 0 unspecified atom stereocenters. The molecule has 0 aromatic heterocycles. The Morgan fingerprint density at radius 2 is 1.85 bits per heavy atom. The molecule has 0 amide bonds. The van der Waals surface area contributed by atoms with Crippen LogP contribution >= 0.6 is 0 Å². The SMILES string of the molecule is COC(=O)c1ccc(N2CCCCC2)c(C(F)(F)F)c1. The van der Waals surface area contributed by atoms with Crippen molar-refractivity contribution in [3.05, 3.63) is 29.3 Å². The van der Waals surface area contributed by atoms with Gasteiger partial charge in [0.2, 0.25) is 0 Å². The van der Waals surface area contributed by atoms with Crippen LogP contribution in [0.15, 0.2) is 18.2 Å². The summed E-state index contributed by atoms with van der Waals surface area (Å²) < 4.78 is 44.0. The highest BCUT2D eigenvalue weighted by molar-refractivity contribution is 5.90. The number of nitrogens with zero attached hydrogens (tertiary/aromatic N) is 1. The molecule has 20 heavy (non-hydrogen) atoms. The van der Waals surface area contributed by atoms with E-state index in [-0.39, 0.29) is 11.3 Å². The molecule has 1 saturated heterocycles. The fourth-order valence-electron chi connectivity index (χ4n) is 2.42. The first-order chi connectivity index (χ1) is 9.43. The molecule has 3 nitrogen and oxygen atoms in total. The number of esters is 1. The number of rotatable bonds is 2. The van der Waals surface area contributed by atoms with Crippen molar-refractivity contribution in [2.24, 2.45) is 0 Å². The van der Waals surface area contributed by atoms with E-state index in [0.29, 0.717) is 13.1 Å². The minimum Gasteiger partial charge on any atom is -0.465 e. The van der Waals surface area contributed by atoms with Crippen molar-refractivity contribution < 1.29 is 22.7 Å². The Labute approximate surface area is 115 Å². The van der Waals surface area contributed by atoms with E-state index < -0.39 is 17.7 Å². The molecule has 1 aliphatic heterocycles. The van der Waals surface area contributed by atoms with Crippen LogP contribution in [0, 0.1) is 0 Å². The molecule has 0 aliphatic carbocycles. The fraction of sp³-hybridized carbons (Fsp3) is 0.500. The molecule has 1 aromatic carbocycles. The average Bonchev–Trinajstić information content (AvgIpc) is 2.46. The summed E-state index contributed by atoms with van der Waals surface area (Å²) in [5.41, 5.74) is -0.715. The summed E-state index contributed by atoms with van der Waals surface area (Å²) in [4.78, 5) is 13.1. The van der Waals surface area contributed by atoms with Crippen LogP contribution in [0.25, 0.3) is 0 Å². The molecule has 0 spiro atoms. The third-order valence-corrected chi connectivity index (χ3v) is 3.42. The van der Waals surface area contributed by atoms with E-state index in [2.05, 4.69) is 4.74 Å². The number of piperidine rings is 1. The molecule has 1 fully saturated rings. The van der Waals surface area contributed by atoms with Gasteiger partial charge in [-0.2, -0.15) is 13.2 Å². The zero-order valence-electron chi connectivity index (χ0n) is 11.2. The Bertz CT molecular complexity index is 494. The number of carbonyl (C=O) groups is 1. The first kappa shape index (κ1) is 14.7. The van der Waals surface area contributed by atoms with E-state index in [1.165, 1.54) is 12.1 Å². The van der Waals surface area contributed by atoms with Crippen molar-refractivity contribution in [2.45, 2.75) is 25.4 Å². The number of benzene rings is 1. The zero-order valence-corrected chi connectivity index (χ0v) is 11.2. The summed E-state index contributed by atoms with van der Waals surface area (Å²) in [5, 5.41) is 0. The normalized spacial score (nSPS) is 16.1. The second kappa shape index (κ2) is 5.73. The highest BCUT2D eigenvalue weighted by Gasteiger charge is 2.36. The minimum atomic E-state index is -4.49.